The summed E-state index contributed by atoms with van der Waals surface area (Å²) in [6, 6.07) is 0.623. The fourth-order valence-electron chi connectivity index (χ4n) is 2.64. The van der Waals surface area contributed by atoms with E-state index in [0.29, 0.717) is 6.04 Å². The van der Waals surface area contributed by atoms with Crippen molar-refractivity contribution in [2.75, 3.05) is 19.6 Å². The second-order valence-electron chi connectivity index (χ2n) is 5.34. The van der Waals surface area contributed by atoms with Gasteiger partial charge in [-0.15, -0.1) is 0 Å². The van der Waals surface area contributed by atoms with Crippen LogP contribution in [0.1, 0.15) is 51.2 Å². The van der Waals surface area contributed by atoms with E-state index in [2.05, 4.69) is 27.3 Å². The van der Waals surface area contributed by atoms with Crippen molar-refractivity contribution in [2.45, 2.75) is 58.5 Å². The van der Waals surface area contributed by atoms with Crippen molar-refractivity contribution in [3.63, 3.8) is 0 Å². The van der Waals surface area contributed by atoms with Crippen molar-refractivity contribution in [2.24, 2.45) is 0 Å². The first-order valence-electron chi connectivity index (χ1n) is 7.59. The van der Waals surface area contributed by atoms with Crippen LogP contribution < -0.4 is 5.32 Å². The molecule has 19 heavy (non-hydrogen) atoms. The van der Waals surface area contributed by atoms with Crippen LogP contribution in [0.25, 0.3) is 0 Å². The topological polar surface area (TPSA) is 54.2 Å². The van der Waals surface area contributed by atoms with Gasteiger partial charge < -0.3 is 9.84 Å². The van der Waals surface area contributed by atoms with Gasteiger partial charge in [-0.3, -0.25) is 4.90 Å². The Morgan fingerprint density at radius 3 is 2.89 bits per heavy atom. The van der Waals surface area contributed by atoms with E-state index < -0.39 is 0 Å². The Bertz CT molecular complexity index is 360. The zero-order valence-corrected chi connectivity index (χ0v) is 12.2. The second kappa shape index (κ2) is 7.60. The summed E-state index contributed by atoms with van der Waals surface area (Å²) < 4.78 is 5.18. The molecule has 0 aliphatic carbocycles. The number of hydrogen-bond donors (Lipinski definition) is 1. The van der Waals surface area contributed by atoms with Gasteiger partial charge in [-0.25, -0.2) is 0 Å². The van der Waals surface area contributed by atoms with Crippen LogP contribution in [-0.2, 0) is 13.0 Å². The molecule has 1 aliphatic rings. The molecule has 0 amide bonds. The highest BCUT2D eigenvalue weighted by Crippen LogP contribution is 2.11. The van der Waals surface area contributed by atoms with Gasteiger partial charge >= 0.3 is 0 Å². The molecule has 0 aromatic carbocycles. The standard InChI is InChI=1S/C14H26N4O/c1-3-9-18(10-12-7-5-6-8-15-12)11-13-16-14(4-2)19-17-13/h12,15H,3-11H2,1-2H3. The minimum Gasteiger partial charge on any atom is -0.339 e. The van der Waals surface area contributed by atoms with E-state index in [1.807, 2.05) is 6.92 Å². The van der Waals surface area contributed by atoms with Gasteiger partial charge in [0.25, 0.3) is 0 Å². The molecule has 0 bridgehead atoms. The summed E-state index contributed by atoms with van der Waals surface area (Å²) in [5.74, 6) is 1.56. The number of piperidine rings is 1. The van der Waals surface area contributed by atoms with Gasteiger partial charge in [0.15, 0.2) is 5.82 Å². The van der Waals surface area contributed by atoms with E-state index >= 15 is 0 Å². The number of rotatable bonds is 7. The maximum atomic E-state index is 5.18. The molecule has 2 heterocycles. The molecule has 1 saturated heterocycles. The lowest BCUT2D eigenvalue weighted by Gasteiger charge is -2.29. The Balaban J connectivity index is 1.87. The average Bonchev–Trinajstić information content (AvgIpc) is 2.88. The summed E-state index contributed by atoms with van der Waals surface area (Å²) in [6.07, 6.45) is 5.91. The molecule has 1 atom stereocenters. The molecule has 1 fully saturated rings. The van der Waals surface area contributed by atoms with Crippen LogP contribution in [0.4, 0.5) is 0 Å². The predicted octanol–water partition coefficient (Wildman–Crippen LogP) is 1.99. The number of aromatic nitrogens is 2. The molecule has 108 valence electrons. The molecule has 1 N–H and O–H groups in total. The van der Waals surface area contributed by atoms with Crippen LogP contribution in [0.5, 0.6) is 0 Å². The first kappa shape index (κ1) is 14.5. The van der Waals surface area contributed by atoms with Gasteiger partial charge in [0, 0.05) is 19.0 Å². The lowest BCUT2D eigenvalue weighted by atomic mass is 10.0. The summed E-state index contributed by atoms with van der Waals surface area (Å²) in [6.45, 7) is 8.39. The molecule has 5 heteroatoms. The van der Waals surface area contributed by atoms with Crippen molar-refractivity contribution in [3.05, 3.63) is 11.7 Å². The highest BCUT2D eigenvalue weighted by atomic mass is 16.5. The Morgan fingerprint density at radius 2 is 2.26 bits per heavy atom. The minimum absolute atomic E-state index is 0.623. The number of hydrogen-bond acceptors (Lipinski definition) is 5. The van der Waals surface area contributed by atoms with Crippen molar-refractivity contribution >= 4 is 0 Å². The average molecular weight is 266 g/mol. The molecule has 1 aromatic heterocycles. The Morgan fingerprint density at radius 1 is 1.37 bits per heavy atom. The van der Waals surface area contributed by atoms with Crippen molar-refractivity contribution in [1.29, 1.82) is 0 Å². The normalized spacial score (nSPS) is 20.1. The Labute approximate surface area is 115 Å². The summed E-state index contributed by atoms with van der Waals surface area (Å²) in [7, 11) is 0. The van der Waals surface area contributed by atoms with E-state index in [9.17, 15) is 0 Å². The van der Waals surface area contributed by atoms with Crippen molar-refractivity contribution < 1.29 is 4.52 Å². The Hall–Kier alpha value is -0.940. The van der Waals surface area contributed by atoms with Gasteiger partial charge in [-0.2, -0.15) is 4.98 Å². The number of nitrogens with zero attached hydrogens (tertiary/aromatic N) is 3. The Kier molecular flexibility index (Phi) is 5.79. The first-order chi connectivity index (χ1) is 9.31. The molecule has 1 aliphatic heterocycles. The maximum absolute atomic E-state index is 5.18. The van der Waals surface area contributed by atoms with Gasteiger partial charge in [-0.05, 0) is 32.4 Å². The highest BCUT2D eigenvalue weighted by molar-refractivity contribution is 4.87. The fraction of sp³-hybridized carbons (Fsp3) is 0.857. The van der Waals surface area contributed by atoms with Crippen LogP contribution in [0.3, 0.4) is 0 Å². The fourth-order valence-corrected chi connectivity index (χ4v) is 2.64. The molecule has 0 radical (unpaired) electrons. The van der Waals surface area contributed by atoms with Gasteiger partial charge in [0.1, 0.15) is 0 Å². The maximum Gasteiger partial charge on any atom is 0.226 e. The first-order valence-corrected chi connectivity index (χ1v) is 7.59. The van der Waals surface area contributed by atoms with Gasteiger partial charge in [0.05, 0.1) is 6.54 Å². The quantitative estimate of drug-likeness (QED) is 0.818. The molecule has 1 aromatic rings. The molecular weight excluding hydrogens is 240 g/mol. The smallest absolute Gasteiger partial charge is 0.226 e. The lowest BCUT2D eigenvalue weighted by molar-refractivity contribution is 0.210. The summed E-state index contributed by atoms with van der Waals surface area (Å²) in [5, 5.41) is 7.66. The van der Waals surface area contributed by atoms with Crippen LogP contribution in [0.2, 0.25) is 0 Å². The highest BCUT2D eigenvalue weighted by Gasteiger charge is 2.18. The monoisotopic (exact) mass is 266 g/mol. The molecule has 0 spiro atoms. The lowest BCUT2D eigenvalue weighted by Crippen LogP contribution is -2.43. The molecule has 0 saturated carbocycles. The molecule has 1 unspecified atom stereocenters. The minimum atomic E-state index is 0.623. The predicted molar refractivity (Wildman–Crippen MR) is 74.9 cm³/mol. The van der Waals surface area contributed by atoms with Gasteiger partial charge in [-0.1, -0.05) is 25.4 Å². The van der Waals surface area contributed by atoms with Gasteiger partial charge in [0.2, 0.25) is 5.89 Å². The molecular formula is C14H26N4O. The summed E-state index contributed by atoms with van der Waals surface area (Å²) in [4.78, 5) is 6.84. The zero-order chi connectivity index (χ0) is 13.5. The van der Waals surface area contributed by atoms with Crippen LogP contribution in [0, 0.1) is 0 Å². The van der Waals surface area contributed by atoms with E-state index in [4.69, 9.17) is 4.52 Å². The van der Waals surface area contributed by atoms with Crippen molar-refractivity contribution in [3.8, 4) is 0 Å². The molecule has 2 rings (SSSR count). The summed E-state index contributed by atoms with van der Waals surface area (Å²) in [5.41, 5.74) is 0. The largest absolute Gasteiger partial charge is 0.339 e. The van der Waals surface area contributed by atoms with Crippen molar-refractivity contribution in [1.82, 2.24) is 20.4 Å². The van der Waals surface area contributed by atoms with E-state index in [0.717, 1.165) is 50.7 Å². The zero-order valence-electron chi connectivity index (χ0n) is 12.2. The molecule has 5 nitrogen and oxygen atoms in total. The van der Waals surface area contributed by atoms with Crippen LogP contribution >= 0.6 is 0 Å². The number of aryl methyl sites for hydroxylation is 1. The second-order valence-corrected chi connectivity index (χ2v) is 5.34. The van der Waals surface area contributed by atoms with E-state index in [-0.39, 0.29) is 0 Å². The number of nitrogens with one attached hydrogen (secondary N) is 1. The van der Waals surface area contributed by atoms with Crippen LogP contribution in [-0.4, -0.2) is 40.7 Å². The third kappa shape index (κ3) is 4.58. The summed E-state index contributed by atoms with van der Waals surface area (Å²) >= 11 is 0. The van der Waals surface area contributed by atoms with Crippen LogP contribution in [0.15, 0.2) is 4.52 Å². The van der Waals surface area contributed by atoms with E-state index in [1.165, 1.54) is 19.3 Å². The third-order valence-corrected chi connectivity index (χ3v) is 3.61. The SMILES string of the molecule is CCCN(Cc1noc(CC)n1)CC1CCCCN1. The third-order valence-electron chi connectivity index (χ3n) is 3.61. The van der Waals surface area contributed by atoms with E-state index in [1.54, 1.807) is 0 Å².